The molecule has 2 aliphatic rings. The van der Waals surface area contributed by atoms with Gasteiger partial charge < -0.3 is 68.6 Å². The molecule has 1 aromatic heterocycles. The van der Waals surface area contributed by atoms with Crippen LogP contribution in [0.15, 0.2) is 59.2 Å². The molecule has 5 amide bonds. The molecular formula is C52H77N7O15. The average Bonchev–Trinajstić information content (AvgIpc) is 3.60. The Kier molecular flexibility index (Phi) is 31.4. The minimum Gasteiger partial charge on any atom is -0.387 e. The number of carbonyl (C=O) groups is 5. The lowest BCUT2D eigenvalue weighted by atomic mass is 10.0. The van der Waals surface area contributed by atoms with Crippen molar-refractivity contribution in [3.8, 4) is 11.1 Å². The summed E-state index contributed by atoms with van der Waals surface area (Å²) < 4.78 is 54.9. The number of nitrogens with one attached hydrogen (secondary N) is 2. The van der Waals surface area contributed by atoms with Crippen molar-refractivity contribution >= 4 is 47.1 Å². The first-order valence-corrected chi connectivity index (χ1v) is 25.4. The van der Waals surface area contributed by atoms with Crippen LogP contribution in [0.2, 0.25) is 0 Å². The number of imide groups is 1. The summed E-state index contributed by atoms with van der Waals surface area (Å²) in [4.78, 5) is 72.4. The predicted octanol–water partition coefficient (Wildman–Crippen LogP) is 2.39. The number of carbonyl (C=O) groups excluding carboxylic acids is 5. The normalized spacial score (nSPS) is 13.2. The zero-order valence-corrected chi connectivity index (χ0v) is 43.2. The van der Waals surface area contributed by atoms with Gasteiger partial charge in [-0.05, 0) is 36.1 Å². The maximum absolute atomic E-state index is 13.3. The predicted molar refractivity (Wildman–Crippen MR) is 274 cm³/mol. The number of nitrogens with two attached hydrogens (primary N) is 1. The largest absolute Gasteiger partial charge is 0.387 e. The summed E-state index contributed by atoms with van der Waals surface area (Å²) in [6, 6.07) is 9.80. The Hall–Kier alpha value is -5.53. The van der Waals surface area contributed by atoms with Gasteiger partial charge in [0.25, 0.3) is 11.8 Å². The standard InChI is InChI=1S/C52H77N7O15/c1-3-13-58(14-4-2)52(64)43-35-45-46(57-47(53)37-43)36-44(39-55-45)42-7-5-41(6-8-42)38-56-48(60)11-15-65-17-19-67-21-23-69-25-27-71-29-31-73-33-34-74-32-30-72-28-26-70-24-22-68-20-18-66-16-12-54-49(61)40-59-50(62)9-10-51(59)63/h5-10,35-36,39H,3-4,11-34,37-38,40H2,1-2H3,(H2,53,57)(H,54,61)(H,56,60). The van der Waals surface area contributed by atoms with E-state index in [1.807, 2.05) is 41.3 Å². The first-order valence-electron chi connectivity index (χ1n) is 25.4. The number of aromatic nitrogens is 1. The van der Waals surface area contributed by atoms with Crippen LogP contribution in [-0.4, -0.2) is 208 Å². The van der Waals surface area contributed by atoms with Gasteiger partial charge in [-0.1, -0.05) is 38.1 Å². The van der Waals surface area contributed by atoms with E-state index in [1.54, 1.807) is 6.20 Å². The minimum absolute atomic E-state index is 0.0254. The fourth-order valence-corrected chi connectivity index (χ4v) is 7.02. The summed E-state index contributed by atoms with van der Waals surface area (Å²) in [6.07, 6.45) is 8.12. The molecule has 0 fully saturated rings. The number of rotatable bonds is 43. The molecule has 2 aromatic rings. The SMILES string of the molecule is CCCN(CCC)C(=O)C1=Cc2ncc(-c3ccc(CNC(=O)CCOCCOCCOCCOCCOCCOCCOCCOCCOCCOCCNC(=O)CN4C(=O)C=CC4=O)cc3)cc2N=C(N)C1. The third-order valence-corrected chi connectivity index (χ3v) is 10.8. The molecule has 0 aliphatic carbocycles. The minimum atomic E-state index is -0.498. The highest BCUT2D eigenvalue weighted by Crippen LogP contribution is 2.30. The number of aliphatic imine (C=N–C) groups is 1. The van der Waals surface area contributed by atoms with Crippen LogP contribution >= 0.6 is 0 Å². The van der Waals surface area contributed by atoms with E-state index in [1.165, 1.54) is 0 Å². The molecule has 4 N–H and O–H groups in total. The van der Waals surface area contributed by atoms with Crippen LogP contribution in [0.4, 0.5) is 5.69 Å². The monoisotopic (exact) mass is 1040 g/mol. The number of benzene rings is 1. The topological polar surface area (TPSA) is 259 Å². The summed E-state index contributed by atoms with van der Waals surface area (Å²) in [7, 11) is 0. The number of hydrogen-bond acceptors (Lipinski definition) is 18. The Morgan fingerprint density at radius 3 is 1.54 bits per heavy atom. The van der Waals surface area contributed by atoms with E-state index in [4.69, 9.17) is 53.1 Å². The fourth-order valence-electron chi connectivity index (χ4n) is 7.02. The van der Waals surface area contributed by atoms with E-state index in [2.05, 4.69) is 34.5 Å². The number of nitrogens with zero attached hydrogens (tertiary/aromatic N) is 4. The molecule has 0 bridgehead atoms. The lowest BCUT2D eigenvalue weighted by Gasteiger charge is -2.22. The molecular weight excluding hydrogens is 963 g/mol. The molecule has 0 spiro atoms. The molecule has 0 saturated heterocycles. The number of fused-ring (bicyclic) bond motifs is 1. The lowest BCUT2D eigenvalue weighted by molar-refractivity contribution is -0.141. The van der Waals surface area contributed by atoms with Gasteiger partial charge in [-0.3, -0.25) is 33.9 Å². The summed E-state index contributed by atoms with van der Waals surface area (Å²) in [5.74, 6) is -1.19. The van der Waals surface area contributed by atoms with E-state index in [0.29, 0.717) is 161 Å². The number of pyridine rings is 1. The van der Waals surface area contributed by atoms with Crippen molar-refractivity contribution in [2.24, 2.45) is 10.7 Å². The maximum atomic E-state index is 13.3. The van der Waals surface area contributed by atoms with Crippen LogP contribution in [0, 0.1) is 0 Å². The number of amides is 5. The van der Waals surface area contributed by atoms with Gasteiger partial charge in [0.1, 0.15) is 12.4 Å². The second-order valence-corrected chi connectivity index (χ2v) is 16.7. The molecule has 22 heteroatoms. The van der Waals surface area contributed by atoms with Gasteiger partial charge in [0.15, 0.2) is 0 Å². The highest BCUT2D eigenvalue weighted by Gasteiger charge is 2.25. The Morgan fingerprint density at radius 2 is 1.07 bits per heavy atom. The van der Waals surface area contributed by atoms with Crippen molar-refractivity contribution < 1.29 is 71.3 Å². The van der Waals surface area contributed by atoms with E-state index >= 15 is 0 Å². The van der Waals surface area contributed by atoms with Crippen LogP contribution in [0.3, 0.4) is 0 Å². The Bertz CT molecular complexity index is 2050. The van der Waals surface area contributed by atoms with E-state index < -0.39 is 17.7 Å². The second-order valence-electron chi connectivity index (χ2n) is 16.7. The lowest BCUT2D eigenvalue weighted by Crippen LogP contribution is -2.41. The smallest absolute Gasteiger partial charge is 0.254 e. The molecule has 4 rings (SSSR count). The zero-order valence-electron chi connectivity index (χ0n) is 43.2. The van der Waals surface area contributed by atoms with Gasteiger partial charge in [-0.2, -0.15) is 0 Å². The maximum Gasteiger partial charge on any atom is 0.254 e. The average molecular weight is 1040 g/mol. The highest BCUT2D eigenvalue weighted by molar-refractivity contribution is 6.14. The summed E-state index contributed by atoms with van der Waals surface area (Å²) in [5, 5.41) is 5.52. The Balaban J connectivity index is 0.848. The molecule has 1 aromatic carbocycles. The molecule has 3 heterocycles. The van der Waals surface area contributed by atoms with E-state index in [9.17, 15) is 24.0 Å². The number of ether oxygens (including phenoxy) is 10. The second kappa shape index (κ2) is 38.1. The quantitative estimate of drug-likeness (QED) is 0.0636. The van der Waals surface area contributed by atoms with Gasteiger partial charge >= 0.3 is 0 Å². The molecule has 0 atom stereocenters. The fraction of sp³-hybridized carbons (Fsp3) is 0.596. The zero-order chi connectivity index (χ0) is 52.9. The van der Waals surface area contributed by atoms with Crippen LogP contribution < -0.4 is 16.4 Å². The number of amidine groups is 1. The molecule has 74 heavy (non-hydrogen) atoms. The molecule has 0 unspecified atom stereocenters. The third kappa shape index (κ3) is 25.6. The molecule has 0 saturated carbocycles. The van der Waals surface area contributed by atoms with Gasteiger partial charge in [-0.25, -0.2) is 4.99 Å². The van der Waals surface area contributed by atoms with Gasteiger partial charge in [0.2, 0.25) is 17.7 Å². The van der Waals surface area contributed by atoms with Gasteiger partial charge in [-0.15, -0.1) is 0 Å². The van der Waals surface area contributed by atoms with Crippen LogP contribution in [0.5, 0.6) is 0 Å². The van der Waals surface area contributed by atoms with Crippen LogP contribution in [0.1, 0.15) is 50.8 Å². The van der Waals surface area contributed by atoms with Gasteiger partial charge in [0.05, 0.1) is 144 Å². The van der Waals surface area contributed by atoms with E-state index in [-0.39, 0.29) is 51.0 Å². The third-order valence-electron chi connectivity index (χ3n) is 10.8. The summed E-state index contributed by atoms with van der Waals surface area (Å²) >= 11 is 0. The van der Waals surface area contributed by atoms with Crippen molar-refractivity contribution in [3.63, 3.8) is 0 Å². The summed E-state index contributed by atoms with van der Waals surface area (Å²) in [6.45, 7) is 14.0. The molecule has 22 nitrogen and oxygen atoms in total. The molecule has 2 aliphatic heterocycles. The Morgan fingerprint density at radius 1 is 0.608 bits per heavy atom. The van der Waals surface area contributed by atoms with Gasteiger partial charge in [0, 0.05) is 68.5 Å². The number of hydrogen-bond donors (Lipinski definition) is 3. The van der Waals surface area contributed by atoms with Crippen molar-refractivity contribution in [1.82, 2.24) is 25.4 Å². The molecule has 410 valence electrons. The first kappa shape index (κ1) is 61.0. The van der Waals surface area contributed by atoms with Crippen molar-refractivity contribution in [3.05, 3.63) is 65.5 Å². The van der Waals surface area contributed by atoms with Crippen molar-refractivity contribution in [2.75, 3.05) is 158 Å². The Labute approximate surface area is 434 Å². The first-order chi connectivity index (χ1) is 36.2. The highest BCUT2D eigenvalue weighted by atomic mass is 16.6. The molecule has 0 radical (unpaired) electrons. The van der Waals surface area contributed by atoms with E-state index in [0.717, 1.165) is 46.6 Å². The van der Waals surface area contributed by atoms with Crippen LogP contribution in [-0.2, 0) is 77.9 Å². The van der Waals surface area contributed by atoms with Crippen molar-refractivity contribution in [1.29, 1.82) is 0 Å². The van der Waals surface area contributed by atoms with Crippen molar-refractivity contribution in [2.45, 2.75) is 46.1 Å². The summed E-state index contributed by atoms with van der Waals surface area (Å²) in [5.41, 5.74) is 10.9. The van der Waals surface area contributed by atoms with Crippen LogP contribution in [0.25, 0.3) is 17.2 Å².